The van der Waals surface area contributed by atoms with Gasteiger partial charge in [0.15, 0.2) is 5.60 Å². The van der Waals surface area contributed by atoms with Crippen molar-refractivity contribution in [1.82, 2.24) is 16.0 Å². The number of ether oxygens (including phenoxy) is 2. The number of amides is 3. The maximum atomic E-state index is 14.7. The molecule has 0 radical (unpaired) electrons. The van der Waals surface area contributed by atoms with E-state index in [9.17, 15) is 19.2 Å². The van der Waals surface area contributed by atoms with E-state index in [2.05, 4.69) is 16.0 Å². The van der Waals surface area contributed by atoms with E-state index in [-0.39, 0.29) is 12.5 Å². The molecular formula is C59H49N3O6. The second-order valence-electron chi connectivity index (χ2n) is 16.6. The summed E-state index contributed by atoms with van der Waals surface area (Å²) in [6, 6.07) is 71.4. The molecule has 9 nitrogen and oxygen atoms in total. The van der Waals surface area contributed by atoms with Crippen LogP contribution >= 0.6 is 0 Å². The van der Waals surface area contributed by atoms with Gasteiger partial charge in [0.25, 0.3) is 0 Å². The van der Waals surface area contributed by atoms with E-state index in [4.69, 9.17) is 9.47 Å². The predicted octanol–water partition coefficient (Wildman–Crippen LogP) is 10.0. The van der Waals surface area contributed by atoms with E-state index in [1.54, 1.807) is 0 Å². The van der Waals surface area contributed by atoms with Gasteiger partial charge in [0.05, 0.1) is 6.42 Å². The summed E-state index contributed by atoms with van der Waals surface area (Å²) in [5.74, 6) is -2.35. The number of hydrogen-bond donors (Lipinski definition) is 3. The van der Waals surface area contributed by atoms with E-state index >= 15 is 0 Å². The van der Waals surface area contributed by atoms with Gasteiger partial charge in [-0.1, -0.05) is 231 Å². The number of fused-ring (bicyclic) bond motifs is 3. The van der Waals surface area contributed by atoms with E-state index in [1.165, 1.54) is 0 Å². The van der Waals surface area contributed by atoms with Crippen molar-refractivity contribution in [2.24, 2.45) is 0 Å². The van der Waals surface area contributed by atoms with Gasteiger partial charge in [-0.2, -0.15) is 0 Å². The van der Waals surface area contributed by atoms with Crippen LogP contribution in [0.3, 0.4) is 0 Å². The van der Waals surface area contributed by atoms with Gasteiger partial charge in [0.2, 0.25) is 11.8 Å². The predicted molar refractivity (Wildman–Crippen MR) is 262 cm³/mol. The second-order valence-corrected chi connectivity index (χ2v) is 16.6. The monoisotopic (exact) mass is 895 g/mol. The minimum absolute atomic E-state index is 0.0214. The fourth-order valence-corrected chi connectivity index (χ4v) is 9.40. The molecule has 0 saturated carbocycles. The Morgan fingerprint density at radius 1 is 0.471 bits per heavy atom. The molecule has 68 heavy (non-hydrogen) atoms. The van der Waals surface area contributed by atoms with Crippen LogP contribution in [0.1, 0.15) is 56.8 Å². The molecule has 0 unspecified atom stereocenters. The largest absolute Gasteiger partial charge is 0.449 e. The molecule has 0 bridgehead atoms. The minimum atomic E-state index is -1.49. The maximum Gasteiger partial charge on any atom is 0.407 e. The smallest absolute Gasteiger partial charge is 0.407 e. The highest BCUT2D eigenvalue weighted by atomic mass is 16.6. The summed E-state index contributed by atoms with van der Waals surface area (Å²) in [6.07, 6.45) is -1.42. The Hall–Kier alpha value is -8.56. The van der Waals surface area contributed by atoms with Crippen LogP contribution in [0, 0.1) is 0 Å². The first-order valence-corrected chi connectivity index (χ1v) is 22.6. The summed E-state index contributed by atoms with van der Waals surface area (Å²) in [6.45, 7) is -0.605. The third-order valence-electron chi connectivity index (χ3n) is 12.5. The molecule has 9 rings (SSSR count). The first-order chi connectivity index (χ1) is 33.4. The molecular weight excluding hydrogens is 847 g/mol. The van der Waals surface area contributed by atoms with Gasteiger partial charge < -0.3 is 25.4 Å². The second kappa shape index (κ2) is 20.3. The fraction of sp³-hybridized carbons (Fsp3) is 0.119. The average molecular weight is 896 g/mol. The van der Waals surface area contributed by atoms with Gasteiger partial charge in [0, 0.05) is 22.6 Å². The molecule has 0 spiro atoms. The summed E-state index contributed by atoms with van der Waals surface area (Å²) in [4.78, 5) is 57.4. The van der Waals surface area contributed by atoms with Gasteiger partial charge >= 0.3 is 12.1 Å². The van der Waals surface area contributed by atoms with Crippen LogP contribution in [0.25, 0.3) is 11.1 Å². The average Bonchev–Trinajstić information content (AvgIpc) is 3.72. The number of esters is 1. The number of carbonyl (C=O) groups is 4. The zero-order chi connectivity index (χ0) is 46.8. The number of hydrogen-bond acceptors (Lipinski definition) is 6. The molecule has 0 aromatic heterocycles. The highest BCUT2D eigenvalue weighted by Gasteiger charge is 2.42. The molecule has 1 atom stereocenters. The molecule has 0 fully saturated rings. The summed E-state index contributed by atoms with van der Waals surface area (Å²) < 4.78 is 12.4. The van der Waals surface area contributed by atoms with Crippen LogP contribution in [-0.4, -0.2) is 43.1 Å². The van der Waals surface area contributed by atoms with Gasteiger partial charge in [-0.25, -0.2) is 4.79 Å². The first kappa shape index (κ1) is 44.6. The zero-order valence-electron chi connectivity index (χ0n) is 37.2. The van der Waals surface area contributed by atoms with E-state index in [0.717, 1.165) is 38.9 Å². The topological polar surface area (TPSA) is 123 Å². The van der Waals surface area contributed by atoms with Crippen LogP contribution < -0.4 is 16.0 Å². The van der Waals surface area contributed by atoms with Crippen LogP contribution in [-0.2, 0) is 35.0 Å². The number of carbonyl (C=O) groups excluding carboxylic acids is 4. The fourth-order valence-electron chi connectivity index (χ4n) is 9.40. The van der Waals surface area contributed by atoms with Gasteiger partial charge in [-0.05, 0) is 38.9 Å². The van der Waals surface area contributed by atoms with Crippen molar-refractivity contribution >= 4 is 23.9 Å². The van der Waals surface area contributed by atoms with E-state index in [0.29, 0.717) is 16.7 Å². The molecule has 1 aliphatic carbocycles. The molecule has 3 amide bonds. The molecule has 0 aliphatic heterocycles. The molecule has 3 N–H and O–H groups in total. The lowest BCUT2D eigenvalue weighted by molar-refractivity contribution is -0.153. The molecule has 336 valence electrons. The number of alkyl carbamates (subject to hydrolysis) is 1. The Bertz CT molecular complexity index is 2750. The van der Waals surface area contributed by atoms with Crippen molar-refractivity contribution in [2.75, 3.05) is 13.2 Å². The third-order valence-corrected chi connectivity index (χ3v) is 12.5. The molecule has 8 aromatic rings. The van der Waals surface area contributed by atoms with Gasteiger partial charge in [0.1, 0.15) is 24.7 Å². The SMILES string of the molecule is O=C(C[C@H](NC(=O)OCC1c2ccccc2-c2ccccc21)C(=O)NCC(=O)OC(c1ccccc1)(c1ccccc1)c1ccccc1)NC(c1ccccc1)(c1ccccc1)c1ccccc1. The Morgan fingerprint density at radius 3 is 1.25 bits per heavy atom. The molecule has 0 saturated heterocycles. The van der Waals surface area contributed by atoms with Crippen LogP contribution in [0.15, 0.2) is 231 Å². The van der Waals surface area contributed by atoms with Crippen molar-refractivity contribution in [3.8, 4) is 11.1 Å². The third kappa shape index (κ3) is 9.15. The van der Waals surface area contributed by atoms with Crippen LogP contribution in [0.4, 0.5) is 4.79 Å². The normalized spacial score (nSPS) is 12.4. The first-order valence-electron chi connectivity index (χ1n) is 22.6. The highest BCUT2D eigenvalue weighted by Crippen LogP contribution is 2.45. The summed E-state index contributed by atoms with van der Waals surface area (Å²) in [5, 5.41) is 8.66. The molecule has 0 heterocycles. The zero-order valence-corrected chi connectivity index (χ0v) is 37.2. The lowest BCUT2D eigenvalue weighted by Crippen LogP contribution is -2.53. The number of rotatable bonds is 16. The van der Waals surface area contributed by atoms with E-state index in [1.807, 2.05) is 231 Å². The lowest BCUT2D eigenvalue weighted by atomic mass is 9.77. The molecule has 8 aromatic carbocycles. The highest BCUT2D eigenvalue weighted by molar-refractivity contribution is 5.93. The standard InChI is InChI=1S/C59H49N3O6/c63-54(62-58(42-23-7-1-8-24-42,43-25-9-2-10-26-43)44-27-11-3-12-28-44)39-53(61-57(66)67-41-52-50-37-21-19-35-48(50)49-36-20-22-38-51(49)52)56(65)60-40-55(64)68-59(45-29-13-4-14-30-45,46-31-15-5-16-32-46)47-33-17-6-18-34-47/h1-38,52-53H,39-41H2,(H,60,65)(H,61,66)(H,62,63)/t53-/m0/s1. The lowest BCUT2D eigenvalue weighted by Gasteiger charge is -2.37. The van der Waals surface area contributed by atoms with Crippen molar-refractivity contribution in [2.45, 2.75) is 29.5 Å². The van der Waals surface area contributed by atoms with Crippen molar-refractivity contribution < 1.29 is 28.7 Å². The Kier molecular flexibility index (Phi) is 13.3. The Morgan fingerprint density at radius 2 is 0.838 bits per heavy atom. The number of nitrogens with one attached hydrogen (secondary N) is 3. The van der Waals surface area contributed by atoms with Crippen LogP contribution in [0.5, 0.6) is 0 Å². The summed E-state index contributed by atoms with van der Waals surface area (Å²) in [5.41, 5.74) is 5.99. The number of benzene rings is 8. The summed E-state index contributed by atoms with van der Waals surface area (Å²) >= 11 is 0. The quantitative estimate of drug-likeness (QED) is 0.0656. The van der Waals surface area contributed by atoms with Crippen molar-refractivity contribution in [3.63, 3.8) is 0 Å². The molecule has 9 heteroatoms. The van der Waals surface area contributed by atoms with Gasteiger partial charge in [-0.15, -0.1) is 0 Å². The Balaban J connectivity index is 1.00. The Labute approximate surface area is 395 Å². The molecule has 1 aliphatic rings. The van der Waals surface area contributed by atoms with Crippen molar-refractivity contribution in [1.29, 1.82) is 0 Å². The summed E-state index contributed by atoms with van der Waals surface area (Å²) in [7, 11) is 0. The van der Waals surface area contributed by atoms with Crippen LogP contribution in [0.2, 0.25) is 0 Å². The van der Waals surface area contributed by atoms with Gasteiger partial charge in [-0.3, -0.25) is 14.4 Å². The maximum absolute atomic E-state index is 14.7. The minimum Gasteiger partial charge on any atom is -0.449 e. The van der Waals surface area contributed by atoms with Crippen molar-refractivity contribution in [3.05, 3.63) is 275 Å². The van der Waals surface area contributed by atoms with E-state index < -0.39 is 54.0 Å².